The highest BCUT2D eigenvalue weighted by molar-refractivity contribution is 5.95. The molecule has 206 valence electrons. The average molecular weight is 542 g/mol. The molecule has 0 bridgehead atoms. The second kappa shape index (κ2) is 11.3. The van der Waals surface area contributed by atoms with E-state index in [2.05, 4.69) is 13.8 Å². The Morgan fingerprint density at radius 2 is 1.85 bits per heavy atom. The van der Waals surface area contributed by atoms with Crippen molar-refractivity contribution in [2.75, 3.05) is 13.3 Å². The number of nitrogens with zero attached hydrogens (tertiary/aromatic N) is 4. The molecule has 0 aliphatic rings. The summed E-state index contributed by atoms with van der Waals surface area (Å²) in [6, 6.07) is 20.3. The van der Waals surface area contributed by atoms with Crippen LogP contribution in [-0.2, 0) is 13.6 Å². The van der Waals surface area contributed by atoms with Gasteiger partial charge in [0.15, 0.2) is 0 Å². The zero-order chi connectivity index (χ0) is 28.4. The van der Waals surface area contributed by atoms with E-state index in [4.69, 9.17) is 20.6 Å². The van der Waals surface area contributed by atoms with Gasteiger partial charge < -0.3 is 20.1 Å². The molecule has 0 spiro atoms. The summed E-state index contributed by atoms with van der Waals surface area (Å²) in [6.07, 6.45) is 1.24. The van der Waals surface area contributed by atoms with Gasteiger partial charge in [0, 0.05) is 35.5 Å². The molecule has 9 heteroatoms. The number of halogens is 1. The number of primary amides is 1. The largest absolute Gasteiger partial charge is 0.490 e. The lowest BCUT2D eigenvalue weighted by Crippen LogP contribution is -2.12. The number of benzene rings is 3. The monoisotopic (exact) mass is 541 g/mol. The van der Waals surface area contributed by atoms with Crippen LogP contribution in [0.3, 0.4) is 0 Å². The fourth-order valence-electron chi connectivity index (χ4n) is 5.09. The van der Waals surface area contributed by atoms with Gasteiger partial charge in [-0.15, -0.1) is 0 Å². The van der Waals surface area contributed by atoms with E-state index >= 15 is 0 Å². The van der Waals surface area contributed by atoms with E-state index in [0.29, 0.717) is 23.7 Å². The predicted octanol–water partition coefficient (Wildman–Crippen LogP) is 5.41. The van der Waals surface area contributed by atoms with Crippen LogP contribution in [0.5, 0.6) is 5.75 Å². The number of nitrogens with two attached hydrogens (primary N) is 1. The quantitative estimate of drug-likeness (QED) is 0.246. The average Bonchev–Trinajstić information content (AvgIpc) is 3.52. The first-order chi connectivity index (χ1) is 19.3. The Bertz CT molecular complexity index is 1660. The summed E-state index contributed by atoms with van der Waals surface area (Å²) >= 11 is 0. The van der Waals surface area contributed by atoms with Gasteiger partial charge in [-0.3, -0.25) is 9.48 Å². The van der Waals surface area contributed by atoms with Gasteiger partial charge in [-0.1, -0.05) is 56.3 Å². The van der Waals surface area contributed by atoms with Gasteiger partial charge in [0.05, 0.1) is 29.4 Å². The molecule has 8 nitrogen and oxygen atoms in total. The molecule has 0 aliphatic carbocycles. The lowest BCUT2D eigenvalue weighted by molar-refractivity contribution is 0.1000. The summed E-state index contributed by atoms with van der Waals surface area (Å²) in [5, 5.41) is 16.4. The molecule has 3 aromatic carbocycles. The third kappa shape index (κ3) is 5.20. The molecule has 3 N–H and O–H groups in total. The molecule has 0 fully saturated rings. The molecule has 0 radical (unpaired) electrons. The summed E-state index contributed by atoms with van der Waals surface area (Å²) in [6.45, 7) is 3.68. The molecule has 1 atom stereocenters. The number of imidazole rings is 1. The van der Waals surface area contributed by atoms with Crippen molar-refractivity contribution in [3.8, 4) is 28.4 Å². The van der Waals surface area contributed by atoms with Crippen LogP contribution in [0.1, 0.15) is 47.5 Å². The first kappa shape index (κ1) is 27.1. The van der Waals surface area contributed by atoms with Crippen molar-refractivity contribution in [2.45, 2.75) is 32.4 Å². The molecule has 0 saturated heterocycles. The maximum Gasteiger partial charge on any atom is 0.248 e. The SMILES string of the molecule is CC(C)c1c(-c2cccc3nn(CC(O)c4ccccc4)cc23)nc(-c2ccc(C(N)=O)cc2OCCF)n1C. The Morgan fingerprint density at radius 3 is 2.55 bits per heavy atom. The Hall–Kier alpha value is -4.50. The number of hydrogen-bond donors (Lipinski definition) is 2. The fraction of sp³-hybridized carbons (Fsp3) is 0.258. The van der Waals surface area contributed by atoms with E-state index in [-0.39, 0.29) is 18.1 Å². The van der Waals surface area contributed by atoms with Crippen molar-refractivity contribution < 1.29 is 19.0 Å². The summed E-state index contributed by atoms with van der Waals surface area (Å²) < 4.78 is 22.5. The van der Waals surface area contributed by atoms with Crippen molar-refractivity contribution in [1.29, 1.82) is 0 Å². The van der Waals surface area contributed by atoms with Crippen LogP contribution in [0.25, 0.3) is 33.5 Å². The molecule has 1 unspecified atom stereocenters. The number of ether oxygens (including phenoxy) is 1. The third-order valence-corrected chi connectivity index (χ3v) is 6.92. The van der Waals surface area contributed by atoms with Crippen molar-refractivity contribution in [1.82, 2.24) is 19.3 Å². The summed E-state index contributed by atoms with van der Waals surface area (Å²) in [5.74, 6) is 0.477. The van der Waals surface area contributed by atoms with E-state index in [9.17, 15) is 14.3 Å². The molecule has 1 amide bonds. The van der Waals surface area contributed by atoms with Gasteiger partial charge in [-0.25, -0.2) is 9.37 Å². The van der Waals surface area contributed by atoms with Crippen LogP contribution < -0.4 is 10.5 Å². The third-order valence-electron chi connectivity index (χ3n) is 6.92. The van der Waals surface area contributed by atoms with Crippen LogP contribution in [0.4, 0.5) is 4.39 Å². The number of fused-ring (bicyclic) bond motifs is 1. The Kier molecular flexibility index (Phi) is 7.66. The number of carbonyl (C=O) groups is 1. The zero-order valence-corrected chi connectivity index (χ0v) is 22.7. The highest BCUT2D eigenvalue weighted by Gasteiger charge is 2.24. The minimum absolute atomic E-state index is 0.117. The maximum atomic E-state index is 13.0. The van der Waals surface area contributed by atoms with E-state index in [0.717, 1.165) is 33.4 Å². The summed E-state index contributed by atoms with van der Waals surface area (Å²) in [5.41, 5.74) is 10.7. The molecule has 2 heterocycles. The number of amides is 1. The van der Waals surface area contributed by atoms with Crippen molar-refractivity contribution in [3.63, 3.8) is 0 Å². The standard InChI is InChI=1S/C31H32FN5O3/c1-19(2)29-28(34-31(36(29)3)23-13-12-21(30(33)39)16-27(23)40-15-14-32)22-10-7-11-25-24(22)17-37(35-25)18-26(38)20-8-5-4-6-9-20/h4-13,16-17,19,26,38H,14-15,18H2,1-3H3,(H2,33,39). The number of aliphatic hydroxyl groups excluding tert-OH is 1. The van der Waals surface area contributed by atoms with Gasteiger partial charge in [0.2, 0.25) is 5.91 Å². The Morgan fingerprint density at radius 1 is 1.07 bits per heavy atom. The molecular formula is C31H32FN5O3. The van der Waals surface area contributed by atoms with Gasteiger partial charge in [-0.05, 0) is 35.7 Å². The number of carbonyl (C=O) groups excluding carboxylic acids is 1. The normalized spacial score (nSPS) is 12.2. The van der Waals surface area contributed by atoms with E-state index in [1.54, 1.807) is 16.8 Å². The fourth-order valence-corrected chi connectivity index (χ4v) is 5.09. The van der Waals surface area contributed by atoms with Crippen molar-refractivity contribution >= 4 is 16.8 Å². The number of rotatable bonds is 10. The Labute approximate surface area is 231 Å². The van der Waals surface area contributed by atoms with E-state index in [1.165, 1.54) is 6.07 Å². The van der Waals surface area contributed by atoms with E-state index in [1.807, 2.05) is 66.3 Å². The van der Waals surface area contributed by atoms with Crippen LogP contribution in [0, 0.1) is 0 Å². The molecule has 40 heavy (non-hydrogen) atoms. The smallest absolute Gasteiger partial charge is 0.248 e. The predicted molar refractivity (Wildman–Crippen MR) is 153 cm³/mol. The maximum absolute atomic E-state index is 13.0. The molecular weight excluding hydrogens is 509 g/mol. The Balaban J connectivity index is 1.61. The molecule has 5 rings (SSSR count). The highest BCUT2D eigenvalue weighted by Crippen LogP contribution is 2.39. The van der Waals surface area contributed by atoms with Crippen LogP contribution in [0.15, 0.2) is 72.9 Å². The number of aliphatic hydroxyl groups is 1. The van der Waals surface area contributed by atoms with Gasteiger partial charge >= 0.3 is 0 Å². The second-order valence-corrected chi connectivity index (χ2v) is 10.0. The zero-order valence-electron chi connectivity index (χ0n) is 22.7. The lowest BCUT2D eigenvalue weighted by Gasteiger charge is -2.14. The van der Waals surface area contributed by atoms with Crippen LogP contribution in [-0.4, -0.2) is 43.6 Å². The lowest BCUT2D eigenvalue weighted by atomic mass is 10.0. The second-order valence-electron chi connectivity index (χ2n) is 10.0. The minimum atomic E-state index is -0.697. The summed E-state index contributed by atoms with van der Waals surface area (Å²) in [4.78, 5) is 16.9. The molecule has 0 aliphatic heterocycles. The van der Waals surface area contributed by atoms with E-state index < -0.39 is 18.7 Å². The number of hydrogen-bond acceptors (Lipinski definition) is 5. The first-order valence-electron chi connectivity index (χ1n) is 13.2. The van der Waals surface area contributed by atoms with Gasteiger partial charge in [0.1, 0.15) is 24.9 Å². The van der Waals surface area contributed by atoms with Crippen molar-refractivity contribution in [2.24, 2.45) is 12.8 Å². The topological polar surface area (TPSA) is 108 Å². The highest BCUT2D eigenvalue weighted by atomic mass is 19.1. The number of aromatic nitrogens is 4. The van der Waals surface area contributed by atoms with Crippen LogP contribution >= 0.6 is 0 Å². The summed E-state index contributed by atoms with van der Waals surface area (Å²) in [7, 11) is 1.93. The first-order valence-corrected chi connectivity index (χ1v) is 13.2. The minimum Gasteiger partial charge on any atom is -0.490 e. The van der Waals surface area contributed by atoms with Gasteiger partial charge in [-0.2, -0.15) is 5.10 Å². The molecule has 0 saturated carbocycles. The van der Waals surface area contributed by atoms with Gasteiger partial charge in [0.25, 0.3) is 0 Å². The number of alkyl halides is 1. The molecule has 2 aromatic heterocycles. The molecule has 5 aromatic rings. The van der Waals surface area contributed by atoms with Crippen molar-refractivity contribution in [3.05, 3.63) is 89.7 Å². The van der Waals surface area contributed by atoms with Crippen LogP contribution in [0.2, 0.25) is 0 Å².